The first-order chi connectivity index (χ1) is 47.2. The molecule has 0 bridgehead atoms. The second-order valence-corrected chi connectivity index (χ2v) is 28.2. The molecule has 8 aromatic heterocycles. The Morgan fingerprint density at radius 3 is 1.29 bits per heavy atom. The fourth-order valence-electron chi connectivity index (χ4n) is 13.8. The Balaban J connectivity index is 0.000000118. The number of nitrogens with zero attached hydrogens (tertiary/aromatic N) is 15. The number of hydrogen-bond acceptors (Lipinski definition) is 17. The molecule has 99 heavy (non-hydrogen) atoms. The molecule has 0 radical (unpaired) electrons. The smallest absolute Gasteiger partial charge is 0.572 e. The van der Waals surface area contributed by atoms with E-state index in [-0.39, 0.29) is 60.5 Å². The van der Waals surface area contributed by atoms with E-state index >= 15 is 0 Å². The van der Waals surface area contributed by atoms with Crippen LogP contribution in [-0.4, -0.2) is 94.9 Å². The zero-order valence-electron chi connectivity index (χ0n) is 57.2. The van der Waals surface area contributed by atoms with Gasteiger partial charge >= 0.3 is 27.0 Å². The Bertz CT molecular complexity index is 4800. The maximum Gasteiger partial charge on any atom is 2.00 e. The molecule has 0 aliphatic heterocycles. The molecule has 1 N–H and O–H groups in total. The number of carbonyl (C=O) groups is 3. The van der Waals surface area contributed by atoms with Crippen LogP contribution in [0.15, 0.2) is 152 Å². The zero-order chi connectivity index (χ0) is 68.3. The van der Waals surface area contributed by atoms with Gasteiger partial charge in [0.2, 0.25) is 11.6 Å². The van der Waals surface area contributed by atoms with E-state index < -0.39 is 17.3 Å². The molecule has 1 fully saturated rings. The summed E-state index contributed by atoms with van der Waals surface area (Å²) in [6.45, 7) is 17.3. The van der Waals surface area contributed by atoms with Crippen LogP contribution in [0.1, 0.15) is 168 Å². The van der Waals surface area contributed by atoms with Crippen LogP contribution in [0.3, 0.4) is 0 Å². The number of fused-ring (bicyclic) bond motifs is 8. The number of nitrogens with one attached hydrogen (secondary N) is 1. The average molecular weight is 1500 g/mol. The molecule has 1 saturated carbocycles. The van der Waals surface area contributed by atoms with E-state index in [4.69, 9.17) is 0 Å². The van der Waals surface area contributed by atoms with Crippen LogP contribution in [0.5, 0.6) is 0 Å². The summed E-state index contributed by atoms with van der Waals surface area (Å²) >= 11 is 0. The standard InChI is InChI=1S/C17H18N4.2C17H17N4.C17H18N2O2.C10H8N2O2.Pt/c3*1-17(2)9-5-7-12-14(20-21-15(12)17)16-18-10-11-6-3-4-8-13(11)19-16;1-17(2)9-5-7-12(15(17)21)14(20)16-18-10-11-6-3-4-8-13(11)19-16;1-14-10(13)9-11-6-7-4-2-3-5-8(7)12-9;/h3-4,6,8,10H,5,7,9H2,1-2H3,(H,20,21);2*3-4,6,8,10H,5,7,9H2,1-2H3;3-4,6,8,10,12H,5,7,9H2,1-2H3;2-6H,1H3;/q;2*-1;;;+2. The molecule has 17 rings (SSSR count). The van der Waals surface area contributed by atoms with Crippen molar-refractivity contribution < 1.29 is 40.2 Å². The van der Waals surface area contributed by atoms with Gasteiger partial charge in [0.25, 0.3) is 0 Å². The predicted octanol–water partition coefficient (Wildman–Crippen LogP) is 14.8. The monoisotopic (exact) mass is 1500 g/mol. The van der Waals surface area contributed by atoms with Crippen molar-refractivity contribution >= 4 is 72.1 Å². The number of benzene rings is 5. The summed E-state index contributed by atoms with van der Waals surface area (Å²) in [7, 11) is 1.31. The van der Waals surface area contributed by atoms with Gasteiger partial charge in [-0.3, -0.25) is 14.7 Å². The maximum absolute atomic E-state index is 12.6. The van der Waals surface area contributed by atoms with Crippen LogP contribution in [-0.2, 0) is 66.1 Å². The Hall–Kier alpha value is -10.1. The third-order valence-electron chi connectivity index (χ3n) is 19.4. The van der Waals surface area contributed by atoms with Gasteiger partial charge in [0.15, 0.2) is 11.6 Å². The van der Waals surface area contributed by atoms with E-state index in [1.165, 1.54) is 55.2 Å². The molecule has 20 nitrogen and oxygen atoms in total. The molecule has 0 saturated heterocycles. The molecule has 1 atom stereocenters. The number of rotatable bonds is 6. The van der Waals surface area contributed by atoms with Crippen LogP contribution < -0.4 is 10.2 Å². The summed E-state index contributed by atoms with van der Waals surface area (Å²) in [6, 6.07) is 39.1. The van der Waals surface area contributed by atoms with Crippen LogP contribution in [0.2, 0.25) is 0 Å². The number of H-pyrrole nitrogens is 1. The van der Waals surface area contributed by atoms with Gasteiger partial charge in [0.05, 0.1) is 40.6 Å². The topological polar surface area (TPSA) is 272 Å². The first-order valence-corrected chi connectivity index (χ1v) is 33.7. The van der Waals surface area contributed by atoms with Crippen molar-refractivity contribution in [2.24, 2.45) is 11.3 Å². The minimum Gasteiger partial charge on any atom is -0.572 e. The quantitative estimate of drug-likeness (QED) is 0.0920. The first kappa shape index (κ1) is 68.9. The van der Waals surface area contributed by atoms with E-state index in [9.17, 15) is 14.4 Å². The first-order valence-electron chi connectivity index (χ1n) is 33.7. The fourth-order valence-corrected chi connectivity index (χ4v) is 13.8. The number of methoxy groups -OCH3 is 1. The van der Waals surface area contributed by atoms with Crippen molar-refractivity contribution in [2.45, 2.75) is 149 Å². The van der Waals surface area contributed by atoms with Crippen molar-refractivity contribution in [3.8, 4) is 34.6 Å². The van der Waals surface area contributed by atoms with Crippen molar-refractivity contribution in [2.75, 3.05) is 7.11 Å². The van der Waals surface area contributed by atoms with Crippen molar-refractivity contribution in [3.05, 3.63) is 198 Å². The minimum atomic E-state index is -0.588. The molecule has 0 spiro atoms. The van der Waals surface area contributed by atoms with E-state index in [1.54, 1.807) is 12.4 Å². The number of esters is 1. The van der Waals surface area contributed by atoms with Gasteiger partial charge < -0.3 is 25.1 Å². The number of aromatic amines is 1. The number of carbonyl (C=O) groups excluding carboxylic acids is 3. The van der Waals surface area contributed by atoms with Gasteiger partial charge in [-0.05, 0) is 112 Å². The molecule has 13 aromatic rings. The summed E-state index contributed by atoms with van der Waals surface area (Å²) in [5.74, 6) is 1.04. The van der Waals surface area contributed by atoms with Gasteiger partial charge in [0, 0.05) is 102 Å². The Morgan fingerprint density at radius 2 is 0.828 bits per heavy atom. The van der Waals surface area contributed by atoms with Crippen LogP contribution >= 0.6 is 0 Å². The Morgan fingerprint density at radius 1 is 0.455 bits per heavy atom. The molecular weight excluding hydrogens is 1420 g/mol. The molecule has 0 amide bonds. The fraction of sp³-hybridized carbons (Fsp3) is 0.333. The number of para-hydroxylation sites is 5. The van der Waals surface area contributed by atoms with Gasteiger partial charge in [-0.2, -0.15) is 5.10 Å². The summed E-state index contributed by atoms with van der Waals surface area (Å²) in [6.07, 6.45) is 21.4. The number of hydrogen-bond donors (Lipinski definition) is 1. The number of ether oxygens (including phenoxy) is 1. The molecule has 1 unspecified atom stereocenters. The van der Waals surface area contributed by atoms with Crippen LogP contribution in [0.4, 0.5) is 0 Å². The molecule has 4 aliphatic rings. The van der Waals surface area contributed by atoms with Gasteiger partial charge in [-0.1, -0.05) is 164 Å². The predicted molar refractivity (Wildman–Crippen MR) is 378 cm³/mol. The van der Waals surface area contributed by atoms with Crippen LogP contribution in [0.25, 0.3) is 89.1 Å². The Kier molecular flexibility index (Phi) is 20.0. The summed E-state index contributed by atoms with van der Waals surface area (Å²) < 4.78 is 4.52. The maximum atomic E-state index is 12.6. The van der Waals surface area contributed by atoms with Crippen molar-refractivity contribution in [1.82, 2.24) is 80.4 Å². The van der Waals surface area contributed by atoms with E-state index in [1.807, 2.05) is 154 Å². The normalized spacial score (nSPS) is 16.7. The van der Waals surface area contributed by atoms with Crippen molar-refractivity contribution in [3.63, 3.8) is 0 Å². The number of Topliss-reactive ketones (excluding diaryl/α,β-unsaturated/α-hetero) is 2. The van der Waals surface area contributed by atoms with E-state index in [0.29, 0.717) is 18.1 Å². The average Bonchev–Trinajstić information content (AvgIpc) is 1.66. The van der Waals surface area contributed by atoms with E-state index in [0.717, 1.165) is 134 Å². The number of ketones is 2. The third-order valence-corrected chi connectivity index (χ3v) is 19.4. The third kappa shape index (κ3) is 14.6. The molecule has 4 aliphatic carbocycles. The van der Waals surface area contributed by atoms with Crippen LogP contribution in [0, 0.1) is 11.3 Å². The van der Waals surface area contributed by atoms with Gasteiger partial charge in [-0.25, -0.2) is 54.6 Å². The largest absolute Gasteiger partial charge is 2.00 e. The molecule has 504 valence electrons. The molecule has 5 aromatic carbocycles. The second kappa shape index (κ2) is 28.8. The van der Waals surface area contributed by atoms with Gasteiger partial charge in [-0.15, -0.1) is 0 Å². The Labute approximate surface area is 588 Å². The van der Waals surface area contributed by atoms with Crippen molar-refractivity contribution in [1.29, 1.82) is 0 Å². The SMILES string of the molecule is CC1(C)CCCC(C(=O)c2ncc3ccccc3n2)C1=O.CC1(C)CCCc2c(-c3ncc4ccccc4n3)n[nH]c21.CC1(C)CCCc2c1n[n-]c2-c1ncc2ccccc2n1.CC1(C)CCCc2c1n[n-]c2-c1ncc2ccccc2n1.COC(=O)c1ncc2ccccc2n1.[Pt+2]. The molecule has 21 heteroatoms. The second-order valence-electron chi connectivity index (χ2n) is 28.2. The zero-order valence-corrected chi connectivity index (χ0v) is 59.4. The summed E-state index contributed by atoms with van der Waals surface area (Å²) in [5.41, 5.74) is 14.2. The summed E-state index contributed by atoms with van der Waals surface area (Å²) in [4.78, 5) is 80.1. The summed E-state index contributed by atoms with van der Waals surface area (Å²) in [5, 5.41) is 30.4. The van der Waals surface area contributed by atoms with E-state index in [2.05, 4.69) is 127 Å². The molecular formula is C78H78N16O4Pt. The minimum absolute atomic E-state index is 0. The van der Waals surface area contributed by atoms with Gasteiger partial charge in [0.1, 0.15) is 23.1 Å². The molecule has 8 heterocycles. The number of aromatic nitrogens is 16.